The second-order valence-electron chi connectivity index (χ2n) is 7.14. The van der Waals surface area contributed by atoms with Crippen LogP contribution in [-0.2, 0) is 4.79 Å². The van der Waals surface area contributed by atoms with Crippen molar-refractivity contribution in [3.8, 4) is 5.75 Å². The van der Waals surface area contributed by atoms with Crippen LogP contribution in [0, 0.1) is 3.57 Å². The molecule has 0 saturated heterocycles. The van der Waals surface area contributed by atoms with Gasteiger partial charge in [0.25, 0.3) is 5.91 Å². The van der Waals surface area contributed by atoms with Crippen LogP contribution in [0.2, 0.25) is 0 Å². The average Bonchev–Trinajstić information content (AvgIpc) is 2.70. The van der Waals surface area contributed by atoms with Crippen LogP contribution in [0.4, 0.5) is 0 Å². The van der Waals surface area contributed by atoms with Crippen molar-refractivity contribution in [3.63, 3.8) is 0 Å². The summed E-state index contributed by atoms with van der Waals surface area (Å²) in [4.78, 5) is 23.9. The van der Waals surface area contributed by atoms with Crippen molar-refractivity contribution in [2.24, 2.45) is 0 Å². The normalized spacial score (nSPS) is 10.5. The van der Waals surface area contributed by atoms with E-state index in [0.29, 0.717) is 12.0 Å². The molecule has 0 aliphatic heterocycles. The van der Waals surface area contributed by atoms with Crippen molar-refractivity contribution in [2.75, 3.05) is 7.11 Å². The average molecular weight is 502 g/mol. The van der Waals surface area contributed by atoms with E-state index in [1.165, 1.54) is 57.8 Å². The highest BCUT2D eigenvalue weighted by molar-refractivity contribution is 14.1. The number of halogens is 1. The number of hydrogen-bond acceptors (Lipinski definition) is 3. The number of unbranched alkanes of at least 4 members (excludes halogenated alkanes) is 10. The minimum absolute atomic E-state index is 0.146. The summed E-state index contributed by atoms with van der Waals surface area (Å²) in [5, 5.41) is 0. The number of hydrogen-bond donors (Lipinski definition) is 2. The quantitative estimate of drug-likeness (QED) is 0.193. The fourth-order valence-corrected chi connectivity index (χ4v) is 3.75. The molecule has 0 fully saturated rings. The molecule has 1 aromatic rings. The minimum atomic E-state index is -0.326. The molecular formula is C22H35IN2O3. The Balaban J connectivity index is 2.05. The van der Waals surface area contributed by atoms with Gasteiger partial charge in [-0.1, -0.05) is 71.1 Å². The molecule has 0 bridgehead atoms. The van der Waals surface area contributed by atoms with Gasteiger partial charge < -0.3 is 4.74 Å². The van der Waals surface area contributed by atoms with Gasteiger partial charge in [0.1, 0.15) is 5.75 Å². The zero-order valence-electron chi connectivity index (χ0n) is 17.3. The standard InChI is InChI=1S/C22H35IN2O3/c1-3-4-5-6-7-8-9-10-11-12-13-14-21(26)24-25-22(27)18-15-16-20(28-2)19(23)17-18/h15-17H,3-14H2,1-2H3,(H,24,26)(H,25,27). The van der Waals surface area contributed by atoms with E-state index in [9.17, 15) is 9.59 Å². The van der Waals surface area contributed by atoms with Crippen molar-refractivity contribution < 1.29 is 14.3 Å². The van der Waals surface area contributed by atoms with Crippen LogP contribution >= 0.6 is 22.6 Å². The van der Waals surface area contributed by atoms with E-state index in [0.717, 1.165) is 22.2 Å². The maximum absolute atomic E-state index is 12.1. The third-order valence-electron chi connectivity index (χ3n) is 4.74. The van der Waals surface area contributed by atoms with E-state index in [2.05, 4.69) is 40.4 Å². The number of carbonyl (C=O) groups is 2. The maximum atomic E-state index is 12.1. The lowest BCUT2D eigenvalue weighted by atomic mass is 10.1. The Morgan fingerprint density at radius 1 is 0.893 bits per heavy atom. The molecule has 0 aliphatic rings. The first-order chi connectivity index (χ1) is 13.6. The number of amides is 2. The van der Waals surface area contributed by atoms with Gasteiger partial charge in [0.15, 0.2) is 0 Å². The second-order valence-corrected chi connectivity index (χ2v) is 8.30. The van der Waals surface area contributed by atoms with Gasteiger partial charge in [0, 0.05) is 12.0 Å². The number of methoxy groups -OCH3 is 1. The topological polar surface area (TPSA) is 67.4 Å². The SMILES string of the molecule is CCCCCCCCCCCCCC(=O)NNC(=O)c1ccc(OC)c(I)c1. The Kier molecular flexibility index (Phi) is 13.8. The van der Waals surface area contributed by atoms with E-state index in [1.807, 2.05) is 0 Å². The van der Waals surface area contributed by atoms with Crippen molar-refractivity contribution in [3.05, 3.63) is 27.3 Å². The van der Waals surface area contributed by atoms with Crippen LogP contribution in [0.15, 0.2) is 18.2 Å². The molecule has 2 amide bonds. The first kappa shape index (κ1) is 24.7. The Hall–Kier alpha value is -1.31. The molecule has 0 atom stereocenters. The summed E-state index contributed by atoms with van der Waals surface area (Å²) < 4.78 is 6.02. The molecule has 0 aromatic heterocycles. The number of nitrogens with one attached hydrogen (secondary N) is 2. The lowest BCUT2D eigenvalue weighted by molar-refractivity contribution is -0.122. The molecule has 0 spiro atoms. The van der Waals surface area contributed by atoms with Crippen molar-refractivity contribution >= 4 is 34.4 Å². The summed E-state index contributed by atoms with van der Waals surface area (Å²) in [5.74, 6) is 0.248. The maximum Gasteiger partial charge on any atom is 0.269 e. The van der Waals surface area contributed by atoms with Crippen LogP contribution in [0.3, 0.4) is 0 Å². The smallest absolute Gasteiger partial charge is 0.269 e. The zero-order valence-corrected chi connectivity index (χ0v) is 19.5. The molecule has 2 N–H and O–H groups in total. The molecule has 0 unspecified atom stereocenters. The minimum Gasteiger partial charge on any atom is -0.496 e. The molecule has 1 aromatic carbocycles. The van der Waals surface area contributed by atoms with Gasteiger partial charge in [0.05, 0.1) is 10.7 Å². The van der Waals surface area contributed by atoms with Gasteiger partial charge in [-0.05, 0) is 47.2 Å². The van der Waals surface area contributed by atoms with Gasteiger partial charge >= 0.3 is 0 Å². The number of carbonyl (C=O) groups excluding carboxylic acids is 2. The van der Waals surface area contributed by atoms with Crippen LogP contribution < -0.4 is 15.6 Å². The molecule has 28 heavy (non-hydrogen) atoms. The summed E-state index contributed by atoms with van der Waals surface area (Å²) in [6, 6.07) is 5.14. The fourth-order valence-electron chi connectivity index (χ4n) is 3.02. The van der Waals surface area contributed by atoms with E-state index >= 15 is 0 Å². The lowest BCUT2D eigenvalue weighted by Crippen LogP contribution is -2.41. The monoisotopic (exact) mass is 502 g/mol. The summed E-state index contributed by atoms with van der Waals surface area (Å²) in [6.07, 6.45) is 14.2. The Morgan fingerprint density at radius 3 is 2.00 bits per heavy atom. The summed E-state index contributed by atoms with van der Waals surface area (Å²) in [7, 11) is 1.59. The molecule has 0 heterocycles. The highest BCUT2D eigenvalue weighted by Gasteiger charge is 2.10. The number of ether oxygens (including phenoxy) is 1. The number of rotatable bonds is 14. The van der Waals surface area contributed by atoms with Crippen LogP contribution in [0.5, 0.6) is 5.75 Å². The third-order valence-corrected chi connectivity index (χ3v) is 5.58. The van der Waals surface area contributed by atoms with E-state index in [-0.39, 0.29) is 11.8 Å². The summed E-state index contributed by atoms with van der Waals surface area (Å²) >= 11 is 2.11. The molecule has 0 aliphatic carbocycles. The predicted octanol–water partition coefficient (Wildman–Crippen LogP) is 5.76. The molecule has 6 heteroatoms. The largest absolute Gasteiger partial charge is 0.496 e. The first-order valence-electron chi connectivity index (χ1n) is 10.5. The van der Waals surface area contributed by atoms with Crippen LogP contribution in [-0.4, -0.2) is 18.9 Å². The van der Waals surface area contributed by atoms with Gasteiger partial charge in [-0.3, -0.25) is 20.4 Å². The third kappa shape index (κ3) is 10.9. The highest BCUT2D eigenvalue weighted by atomic mass is 127. The molecule has 1 rings (SSSR count). The lowest BCUT2D eigenvalue weighted by Gasteiger charge is -2.09. The van der Waals surface area contributed by atoms with E-state index in [4.69, 9.17) is 4.74 Å². The van der Waals surface area contributed by atoms with Gasteiger partial charge in [-0.15, -0.1) is 0 Å². The van der Waals surface area contributed by atoms with Gasteiger partial charge in [-0.2, -0.15) is 0 Å². The molecule has 158 valence electrons. The van der Waals surface area contributed by atoms with E-state index < -0.39 is 0 Å². The first-order valence-corrected chi connectivity index (χ1v) is 11.6. The van der Waals surface area contributed by atoms with Crippen molar-refractivity contribution in [1.82, 2.24) is 10.9 Å². The zero-order chi connectivity index (χ0) is 20.6. The number of benzene rings is 1. The molecular weight excluding hydrogens is 467 g/mol. The van der Waals surface area contributed by atoms with Crippen molar-refractivity contribution in [1.29, 1.82) is 0 Å². The van der Waals surface area contributed by atoms with Gasteiger partial charge in [0.2, 0.25) is 5.91 Å². The Morgan fingerprint density at radius 2 is 1.46 bits per heavy atom. The van der Waals surface area contributed by atoms with Gasteiger partial charge in [-0.25, -0.2) is 0 Å². The molecule has 0 radical (unpaired) electrons. The van der Waals surface area contributed by atoms with Crippen LogP contribution in [0.25, 0.3) is 0 Å². The summed E-state index contributed by atoms with van der Waals surface area (Å²) in [6.45, 7) is 2.25. The highest BCUT2D eigenvalue weighted by Crippen LogP contribution is 2.21. The predicted molar refractivity (Wildman–Crippen MR) is 122 cm³/mol. The van der Waals surface area contributed by atoms with E-state index in [1.54, 1.807) is 25.3 Å². The second kappa shape index (κ2) is 15.6. The van der Waals surface area contributed by atoms with Crippen LogP contribution in [0.1, 0.15) is 94.3 Å². The Bertz CT molecular complexity index is 593. The molecule has 0 saturated carbocycles. The number of hydrazine groups is 1. The fraction of sp³-hybridized carbons (Fsp3) is 0.636. The van der Waals surface area contributed by atoms with Crippen molar-refractivity contribution in [2.45, 2.75) is 84.0 Å². The summed E-state index contributed by atoms with van der Waals surface area (Å²) in [5.41, 5.74) is 5.45. The molecule has 5 nitrogen and oxygen atoms in total. The Labute approximate surface area is 183 Å².